The number of hydrogen-bond acceptors (Lipinski definition) is 11. The number of hydrogen-bond donors (Lipinski definition) is 8. The molecule has 8 N–H and O–H groups in total. The Labute approximate surface area is 131 Å². The molecule has 11 nitrogen and oxygen atoms in total. The first-order valence-corrected chi connectivity index (χ1v) is 7.01. The first-order valence-electron chi connectivity index (χ1n) is 7.01. The predicted octanol–water partition coefficient (Wildman–Crippen LogP) is -4.24. The molecule has 0 amide bonds. The van der Waals surface area contributed by atoms with Crippen molar-refractivity contribution in [2.45, 2.75) is 62.0 Å². The van der Waals surface area contributed by atoms with E-state index < -0.39 is 68.3 Å². The molecule has 0 aliphatic carbocycles. The van der Waals surface area contributed by atoms with E-state index in [1.165, 1.54) is 6.92 Å². The summed E-state index contributed by atoms with van der Waals surface area (Å²) in [6.07, 6.45) is -14.0. The third-order valence-corrected chi connectivity index (χ3v) is 3.65. The van der Waals surface area contributed by atoms with Gasteiger partial charge in [0.15, 0.2) is 6.29 Å². The van der Waals surface area contributed by atoms with Gasteiger partial charge in [0, 0.05) is 0 Å². The third kappa shape index (κ3) is 4.78. The Morgan fingerprint density at radius 3 is 2.09 bits per heavy atom. The normalized spacial score (nSPS) is 37.2. The number of ether oxygens (including phenoxy) is 2. The van der Waals surface area contributed by atoms with Crippen molar-refractivity contribution < 1.29 is 55.4 Å². The first-order chi connectivity index (χ1) is 10.8. The summed E-state index contributed by atoms with van der Waals surface area (Å²) in [5.74, 6) is 0. The van der Waals surface area contributed by atoms with Crippen LogP contribution in [0.1, 0.15) is 6.92 Å². The summed E-state index contributed by atoms with van der Waals surface area (Å²) in [6.45, 7) is -0.281. The van der Waals surface area contributed by atoms with Gasteiger partial charge in [0.1, 0.15) is 42.7 Å². The second-order valence-corrected chi connectivity index (χ2v) is 5.36. The lowest BCUT2D eigenvalue weighted by Gasteiger charge is -2.42. The van der Waals surface area contributed by atoms with Crippen LogP contribution in [0.25, 0.3) is 0 Å². The highest BCUT2D eigenvalue weighted by atomic mass is 17.1. The van der Waals surface area contributed by atoms with Gasteiger partial charge in [0.2, 0.25) is 0 Å². The molecule has 0 aromatic rings. The fourth-order valence-corrected chi connectivity index (χ4v) is 2.19. The molecule has 1 aliphatic heterocycles. The van der Waals surface area contributed by atoms with Crippen molar-refractivity contribution in [3.8, 4) is 0 Å². The third-order valence-electron chi connectivity index (χ3n) is 3.65. The molecule has 0 aromatic carbocycles. The van der Waals surface area contributed by atoms with Gasteiger partial charge in [-0.25, -0.2) is 4.89 Å². The molecule has 1 aliphatic rings. The minimum Gasteiger partial charge on any atom is -0.394 e. The SMILES string of the molecule is CC(O)C(O)[C@H](O[C@@H]1OC(CO)[C@H](O)C(O)C1O)C(CO)OO. The van der Waals surface area contributed by atoms with E-state index in [2.05, 4.69) is 4.89 Å². The van der Waals surface area contributed by atoms with E-state index >= 15 is 0 Å². The average molecular weight is 344 g/mol. The first kappa shape index (κ1) is 20.6. The summed E-state index contributed by atoms with van der Waals surface area (Å²) in [6, 6.07) is 0. The van der Waals surface area contributed by atoms with Crippen molar-refractivity contribution in [2.24, 2.45) is 0 Å². The van der Waals surface area contributed by atoms with Gasteiger partial charge in [-0.15, -0.1) is 0 Å². The summed E-state index contributed by atoms with van der Waals surface area (Å²) in [7, 11) is 0. The van der Waals surface area contributed by atoms with Crippen LogP contribution in [-0.4, -0.2) is 109 Å². The molecule has 1 heterocycles. The highest BCUT2D eigenvalue weighted by Gasteiger charge is 2.46. The van der Waals surface area contributed by atoms with Crippen molar-refractivity contribution in [2.75, 3.05) is 13.2 Å². The maximum absolute atomic E-state index is 9.90. The molecule has 0 bridgehead atoms. The summed E-state index contributed by atoms with van der Waals surface area (Å²) in [5.41, 5.74) is 0. The summed E-state index contributed by atoms with van der Waals surface area (Å²) < 4.78 is 10.3. The van der Waals surface area contributed by atoms with E-state index in [1.54, 1.807) is 0 Å². The zero-order valence-corrected chi connectivity index (χ0v) is 12.4. The maximum Gasteiger partial charge on any atom is 0.187 e. The van der Waals surface area contributed by atoms with Gasteiger partial charge in [0.25, 0.3) is 0 Å². The van der Waals surface area contributed by atoms with Crippen molar-refractivity contribution in [3.05, 3.63) is 0 Å². The molecule has 1 rings (SSSR count). The molecule has 138 valence electrons. The molecule has 11 heteroatoms. The van der Waals surface area contributed by atoms with E-state index in [0.717, 1.165) is 0 Å². The Hall–Kier alpha value is -0.440. The Balaban J connectivity index is 2.92. The van der Waals surface area contributed by atoms with E-state index in [4.69, 9.17) is 24.9 Å². The van der Waals surface area contributed by atoms with Gasteiger partial charge >= 0.3 is 0 Å². The van der Waals surface area contributed by atoms with Crippen molar-refractivity contribution in [1.29, 1.82) is 0 Å². The van der Waals surface area contributed by atoms with Gasteiger partial charge in [0.05, 0.1) is 19.3 Å². The molecule has 23 heavy (non-hydrogen) atoms. The molecule has 0 aromatic heterocycles. The fraction of sp³-hybridized carbons (Fsp3) is 1.00. The Morgan fingerprint density at radius 2 is 1.65 bits per heavy atom. The highest BCUT2D eigenvalue weighted by Crippen LogP contribution is 2.25. The van der Waals surface area contributed by atoms with Gasteiger partial charge in [-0.1, -0.05) is 0 Å². The van der Waals surface area contributed by atoms with E-state index in [-0.39, 0.29) is 0 Å². The standard InChI is InChI=1S/C12H24O11/c1-4(15)7(16)11(6(3-14)23-20)22-12-10(19)9(18)8(17)5(2-13)21-12/h4-20H,2-3H2,1H3/t4?,5?,6?,7?,8-,9?,10?,11+,12-/m0/s1. The average Bonchev–Trinajstić information content (AvgIpc) is 2.54. The Morgan fingerprint density at radius 1 is 1.04 bits per heavy atom. The van der Waals surface area contributed by atoms with Crippen molar-refractivity contribution in [1.82, 2.24) is 0 Å². The zero-order chi connectivity index (χ0) is 17.7. The number of aliphatic hydroxyl groups excluding tert-OH is 7. The molecular formula is C12H24O11. The van der Waals surface area contributed by atoms with Crippen LogP contribution in [0.15, 0.2) is 0 Å². The zero-order valence-electron chi connectivity index (χ0n) is 12.4. The summed E-state index contributed by atoms with van der Waals surface area (Å²) in [4.78, 5) is 3.97. The smallest absolute Gasteiger partial charge is 0.187 e. The van der Waals surface area contributed by atoms with Gasteiger partial charge in [-0.3, -0.25) is 5.26 Å². The lowest BCUT2D eigenvalue weighted by atomic mass is 9.98. The number of aliphatic hydroxyl groups is 7. The minimum atomic E-state index is -1.76. The van der Waals surface area contributed by atoms with Gasteiger partial charge in [-0.05, 0) is 6.92 Å². The fourth-order valence-electron chi connectivity index (χ4n) is 2.19. The van der Waals surface area contributed by atoms with Gasteiger partial charge in [-0.2, -0.15) is 0 Å². The molecule has 6 unspecified atom stereocenters. The molecule has 0 saturated carbocycles. The van der Waals surface area contributed by atoms with Crippen molar-refractivity contribution in [3.63, 3.8) is 0 Å². The molecule has 1 saturated heterocycles. The van der Waals surface area contributed by atoms with Crippen LogP contribution in [0.4, 0.5) is 0 Å². The van der Waals surface area contributed by atoms with Crippen LogP contribution in [0.2, 0.25) is 0 Å². The molecule has 1 fully saturated rings. The van der Waals surface area contributed by atoms with Crippen LogP contribution in [-0.2, 0) is 14.4 Å². The topological polar surface area (TPSA) is 190 Å². The number of rotatable bonds is 8. The lowest BCUT2D eigenvalue weighted by molar-refractivity contribution is -0.359. The van der Waals surface area contributed by atoms with Crippen LogP contribution < -0.4 is 0 Å². The molecule has 0 spiro atoms. The molecule has 9 atom stereocenters. The highest BCUT2D eigenvalue weighted by molar-refractivity contribution is 4.90. The summed E-state index contributed by atoms with van der Waals surface area (Å²) >= 11 is 0. The Bertz CT molecular complexity index is 333. The van der Waals surface area contributed by atoms with Crippen molar-refractivity contribution >= 4 is 0 Å². The molecule has 0 radical (unpaired) electrons. The van der Waals surface area contributed by atoms with Crippen LogP contribution in [0, 0.1) is 0 Å². The van der Waals surface area contributed by atoms with Gasteiger partial charge < -0.3 is 45.2 Å². The van der Waals surface area contributed by atoms with Crippen LogP contribution in [0.5, 0.6) is 0 Å². The van der Waals surface area contributed by atoms with E-state index in [0.29, 0.717) is 0 Å². The summed E-state index contributed by atoms with van der Waals surface area (Å²) in [5, 5.41) is 75.5. The largest absolute Gasteiger partial charge is 0.394 e. The monoisotopic (exact) mass is 344 g/mol. The minimum absolute atomic E-state index is 0.686. The lowest BCUT2D eigenvalue weighted by Crippen LogP contribution is -2.61. The molecular weight excluding hydrogens is 320 g/mol. The Kier molecular flexibility index (Phi) is 8.20. The van der Waals surface area contributed by atoms with Crippen LogP contribution in [0.3, 0.4) is 0 Å². The van der Waals surface area contributed by atoms with E-state index in [9.17, 15) is 25.5 Å². The predicted molar refractivity (Wildman–Crippen MR) is 70.9 cm³/mol. The second kappa shape index (κ2) is 9.15. The second-order valence-electron chi connectivity index (χ2n) is 5.36. The van der Waals surface area contributed by atoms with E-state index in [1.807, 2.05) is 0 Å². The quantitative estimate of drug-likeness (QED) is 0.157. The maximum atomic E-state index is 9.90. The van der Waals surface area contributed by atoms with Crippen LogP contribution >= 0.6 is 0 Å².